The van der Waals surface area contributed by atoms with E-state index in [9.17, 15) is 0 Å². The third kappa shape index (κ3) is 1.97. The molecule has 0 aliphatic rings. The first-order chi connectivity index (χ1) is 6.79. The lowest BCUT2D eigenvalue weighted by atomic mass is 10.1. The van der Waals surface area contributed by atoms with Gasteiger partial charge in [0.25, 0.3) is 0 Å². The minimum absolute atomic E-state index is 0.574. The van der Waals surface area contributed by atoms with Crippen molar-refractivity contribution >= 4 is 22.9 Å². The molecule has 0 saturated carbocycles. The van der Waals surface area contributed by atoms with E-state index in [0.717, 1.165) is 17.0 Å². The lowest BCUT2D eigenvalue weighted by Crippen LogP contribution is -1.80. The van der Waals surface area contributed by atoms with Crippen molar-refractivity contribution in [2.45, 2.75) is 13.3 Å². The zero-order chi connectivity index (χ0) is 9.97. The van der Waals surface area contributed by atoms with Gasteiger partial charge in [-0.05, 0) is 12.0 Å². The van der Waals surface area contributed by atoms with Crippen molar-refractivity contribution in [2.75, 3.05) is 0 Å². The maximum atomic E-state index is 5.77. The number of thiazole rings is 1. The first kappa shape index (κ1) is 9.69. The molecule has 0 aliphatic heterocycles. The van der Waals surface area contributed by atoms with Gasteiger partial charge in [0, 0.05) is 10.9 Å². The number of hydrogen-bond donors (Lipinski definition) is 0. The smallest absolute Gasteiger partial charge is 0.140 e. The van der Waals surface area contributed by atoms with Crippen LogP contribution in [0.4, 0.5) is 0 Å². The normalized spacial score (nSPS) is 10.4. The number of benzene rings is 1. The van der Waals surface area contributed by atoms with E-state index in [-0.39, 0.29) is 0 Å². The molecule has 0 amide bonds. The van der Waals surface area contributed by atoms with Gasteiger partial charge in [0.15, 0.2) is 0 Å². The molecule has 0 fully saturated rings. The highest BCUT2D eigenvalue weighted by molar-refractivity contribution is 7.13. The topological polar surface area (TPSA) is 12.9 Å². The van der Waals surface area contributed by atoms with E-state index in [1.807, 2.05) is 5.38 Å². The second kappa shape index (κ2) is 4.11. The fraction of sp³-hybridized carbons (Fsp3) is 0.182. The van der Waals surface area contributed by atoms with Crippen molar-refractivity contribution in [1.82, 2.24) is 4.98 Å². The zero-order valence-electron chi connectivity index (χ0n) is 7.83. The quantitative estimate of drug-likeness (QED) is 0.749. The molecule has 1 aromatic carbocycles. The van der Waals surface area contributed by atoms with Crippen LogP contribution in [0.5, 0.6) is 0 Å². The third-order valence-corrected chi connectivity index (χ3v) is 3.30. The SMILES string of the molecule is CCc1ccc(-c2nc(Cl)cs2)cc1. The molecule has 14 heavy (non-hydrogen) atoms. The van der Waals surface area contributed by atoms with Crippen LogP contribution in [-0.2, 0) is 6.42 Å². The zero-order valence-corrected chi connectivity index (χ0v) is 9.40. The molecule has 0 N–H and O–H groups in total. The molecule has 2 rings (SSSR count). The molecule has 0 spiro atoms. The van der Waals surface area contributed by atoms with Crippen molar-refractivity contribution in [2.24, 2.45) is 0 Å². The number of halogens is 1. The summed E-state index contributed by atoms with van der Waals surface area (Å²) >= 11 is 7.34. The van der Waals surface area contributed by atoms with Crippen molar-refractivity contribution in [3.05, 3.63) is 40.4 Å². The Morgan fingerprint density at radius 2 is 2.00 bits per heavy atom. The fourth-order valence-corrected chi connectivity index (χ4v) is 2.22. The summed E-state index contributed by atoms with van der Waals surface area (Å²) in [5.41, 5.74) is 2.48. The lowest BCUT2D eigenvalue weighted by Gasteiger charge is -1.98. The van der Waals surface area contributed by atoms with Gasteiger partial charge in [-0.2, -0.15) is 0 Å². The molecule has 0 atom stereocenters. The summed E-state index contributed by atoms with van der Waals surface area (Å²) in [6.45, 7) is 2.15. The van der Waals surface area contributed by atoms with Gasteiger partial charge in [-0.1, -0.05) is 42.8 Å². The van der Waals surface area contributed by atoms with Crippen LogP contribution in [0, 0.1) is 0 Å². The Labute approximate surface area is 92.4 Å². The maximum absolute atomic E-state index is 5.77. The van der Waals surface area contributed by atoms with Gasteiger partial charge in [-0.25, -0.2) is 4.98 Å². The van der Waals surface area contributed by atoms with Crippen LogP contribution in [0.2, 0.25) is 5.15 Å². The number of aryl methyl sites for hydroxylation is 1. The Morgan fingerprint density at radius 3 is 2.50 bits per heavy atom. The predicted molar refractivity (Wildman–Crippen MR) is 61.9 cm³/mol. The van der Waals surface area contributed by atoms with Crippen LogP contribution in [0.1, 0.15) is 12.5 Å². The molecule has 0 unspecified atom stereocenters. The van der Waals surface area contributed by atoms with Crippen LogP contribution in [0.3, 0.4) is 0 Å². The Morgan fingerprint density at radius 1 is 1.29 bits per heavy atom. The van der Waals surface area contributed by atoms with Crippen molar-refractivity contribution in [1.29, 1.82) is 0 Å². The monoisotopic (exact) mass is 223 g/mol. The molecule has 0 aliphatic carbocycles. The van der Waals surface area contributed by atoms with Crippen LogP contribution in [0.25, 0.3) is 10.6 Å². The predicted octanol–water partition coefficient (Wildman–Crippen LogP) is 4.03. The van der Waals surface area contributed by atoms with E-state index in [0.29, 0.717) is 5.15 Å². The largest absolute Gasteiger partial charge is 0.224 e. The standard InChI is InChI=1S/C11H10ClNS/c1-2-8-3-5-9(6-4-8)11-13-10(12)7-14-11/h3-7H,2H2,1H3. The summed E-state index contributed by atoms with van der Waals surface area (Å²) < 4.78 is 0. The van der Waals surface area contributed by atoms with E-state index in [4.69, 9.17) is 11.6 Å². The highest BCUT2D eigenvalue weighted by Crippen LogP contribution is 2.25. The minimum Gasteiger partial charge on any atom is -0.224 e. The van der Waals surface area contributed by atoms with Gasteiger partial charge in [-0.3, -0.25) is 0 Å². The molecule has 1 nitrogen and oxygen atoms in total. The number of aromatic nitrogens is 1. The maximum Gasteiger partial charge on any atom is 0.140 e. The minimum atomic E-state index is 0.574. The van der Waals surface area contributed by atoms with E-state index in [1.54, 1.807) is 11.3 Å². The first-order valence-corrected chi connectivity index (χ1v) is 5.75. The molecule has 2 aromatic rings. The molecule has 0 bridgehead atoms. The highest BCUT2D eigenvalue weighted by atomic mass is 35.5. The summed E-state index contributed by atoms with van der Waals surface area (Å²) in [6.07, 6.45) is 1.07. The molecule has 1 heterocycles. The Bertz CT molecular complexity index is 419. The van der Waals surface area contributed by atoms with Crippen LogP contribution >= 0.6 is 22.9 Å². The van der Waals surface area contributed by atoms with Crippen LogP contribution in [-0.4, -0.2) is 4.98 Å². The Hall–Kier alpha value is -0.860. The third-order valence-electron chi connectivity index (χ3n) is 2.09. The molecule has 3 heteroatoms. The Balaban J connectivity index is 2.33. The molecule has 0 radical (unpaired) electrons. The second-order valence-electron chi connectivity index (χ2n) is 3.03. The first-order valence-electron chi connectivity index (χ1n) is 4.50. The molecule has 72 valence electrons. The van der Waals surface area contributed by atoms with E-state index >= 15 is 0 Å². The average molecular weight is 224 g/mol. The molecular weight excluding hydrogens is 214 g/mol. The highest BCUT2D eigenvalue weighted by Gasteiger charge is 2.02. The van der Waals surface area contributed by atoms with Crippen molar-refractivity contribution in [3.63, 3.8) is 0 Å². The van der Waals surface area contributed by atoms with Crippen LogP contribution < -0.4 is 0 Å². The summed E-state index contributed by atoms with van der Waals surface area (Å²) in [5, 5.41) is 3.41. The van der Waals surface area contributed by atoms with E-state index < -0.39 is 0 Å². The number of nitrogens with zero attached hydrogens (tertiary/aromatic N) is 1. The van der Waals surface area contributed by atoms with Crippen molar-refractivity contribution in [3.8, 4) is 10.6 Å². The summed E-state index contributed by atoms with van der Waals surface area (Å²) in [4.78, 5) is 4.22. The van der Waals surface area contributed by atoms with Gasteiger partial charge in [0.1, 0.15) is 10.2 Å². The van der Waals surface area contributed by atoms with Crippen LogP contribution in [0.15, 0.2) is 29.6 Å². The molecule has 0 saturated heterocycles. The Kier molecular flexibility index (Phi) is 2.85. The van der Waals surface area contributed by atoms with Gasteiger partial charge in [0.2, 0.25) is 0 Å². The van der Waals surface area contributed by atoms with Gasteiger partial charge < -0.3 is 0 Å². The summed E-state index contributed by atoms with van der Waals surface area (Å²) in [7, 11) is 0. The number of hydrogen-bond acceptors (Lipinski definition) is 2. The average Bonchev–Trinajstić information content (AvgIpc) is 2.65. The van der Waals surface area contributed by atoms with Gasteiger partial charge in [0.05, 0.1) is 0 Å². The van der Waals surface area contributed by atoms with E-state index in [2.05, 4.69) is 36.2 Å². The molecular formula is C11H10ClNS. The molecule has 1 aromatic heterocycles. The van der Waals surface area contributed by atoms with E-state index in [1.165, 1.54) is 5.56 Å². The lowest BCUT2D eigenvalue weighted by molar-refractivity contribution is 1.14. The van der Waals surface area contributed by atoms with Crippen molar-refractivity contribution < 1.29 is 0 Å². The summed E-state index contributed by atoms with van der Waals surface area (Å²) in [5.74, 6) is 0. The fourth-order valence-electron chi connectivity index (χ4n) is 1.27. The second-order valence-corrected chi connectivity index (χ2v) is 4.27. The van der Waals surface area contributed by atoms with Gasteiger partial charge in [-0.15, -0.1) is 11.3 Å². The number of rotatable bonds is 2. The summed E-state index contributed by atoms with van der Waals surface area (Å²) in [6, 6.07) is 8.44. The van der Waals surface area contributed by atoms with Gasteiger partial charge >= 0.3 is 0 Å².